The third kappa shape index (κ3) is 4.65. The van der Waals surface area contributed by atoms with Crippen molar-refractivity contribution in [3.8, 4) is 22.6 Å². The molecule has 1 atom stereocenters. The Balaban J connectivity index is 1.64. The number of aromatic nitrogens is 4. The molecule has 6 nitrogen and oxygen atoms in total. The van der Waals surface area contributed by atoms with Gasteiger partial charge < -0.3 is 11.1 Å². The number of anilines is 1. The van der Waals surface area contributed by atoms with E-state index in [1.807, 2.05) is 53.9 Å². The Labute approximate surface area is 205 Å². The Morgan fingerprint density at radius 2 is 1.78 bits per heavy atom. The highest BCUT2D eigenvalue weighted by atomic mass is 19.4. The first-order valence-corrected chi connectivity index (χ1v) is 11.4. The van der Waals surface area contributed by atoms with Crippen LogP contribution in [0, 0.1) is 0 Å². The normalized spacial score (nSPS) is 12.6. The Morgan fingerprint density at radius 3 is 2.53 bits per heavy atom. The summed E-state index contributed by atoms with van der Waals surface area (Å²) in [6.45, 7) is 2.30. The Morgan fingerprint density at radius 1 is 0.972 bits per heavy atom. The molecular weight excluding hydrogens is 465 g/mol. The van der Waals surface area contributed by atoms with E-state index < -0.39 is 11.7 Å². The second-order valence-electron chi connectivity index (χ2n) is 8.40. The second kappa shape index (κ2) is 9.43. The molecule has 182 valence electrons. The Hall–Kier alpha value is -4.24. The summed E-state index contributed by atoms with van der Waals surface area (Å²) in [6, 6.07) is 20.3. The smallest absolute Gasteiger partial charge is 0.348 e. The van der Waals surface area contributed by atoms with E-state index in [0.717, 1.165) is 23.3 Å². The molecule has 0 radical (unpaired) electrons. The van der Waals surface area contributed by atoms with Crippen LogP contribution in [0.3, 0.4) is 0 Å². The van der Waals surface area contributed by atoms with Gasteiger partial charge in [-0.2, -0.15) is 13.2 Å². The van der Waals surface area contributed by atoms with Crippen LogP contribution < -0.4 is 11.1 Å². The molecule has 0 amide bonds. The standard InChI is InChI=1S/C27H23F3N6/c1-17(19-6-3-2-4-7-19)33-26-32-13-12-22(34-26)25-24(20-8-5-9-21(14-20)27(28,29)30)35-23-11-10-18(15-31)16-36(23)25/h2-14,16-17H,15,31H2,1H3,(H,32,33,34). The largest absolute Gasteiger partial charge is 0.416 e. The maximum Gasteiger partial charge on any atom is 0.416 e. The SMILES string of the molecule is CC(Nc1nccc(-c2c(-c3cccc(C(F)(F)F)c3)nc3ccc(CN)cn23)n1)c1ccccc1. The lowest BCUT2D eigenvalue weighted by Gasteiger charge is -2.15. The molecule has 0 aliphatic rings. The Bertz CT molecular complexity index is 1510. The third-order valence-corrected chi connectivity index (χ3v) is 5.92. The van der Waals surface area contributed by atoms with Gasteiger partial charge in [0.2, 0.25) is 5.95 Å². The quantitative estimate of drug-likeness (QED) is 0.301. The van der Waals surface area contributed by atoms with Gasteiger partial charge in [-0.3, -0.25) is 4.40 Å². The van der Waals surface area contributed by atoms with Gasteiger partial charge in [0, 0.05) is 24.5 Å². The van der Waals surface area contributed by atoms with Gasteiger partial charge in [0.25, 0.3) is 0 Å². The maximum atomic E-state index is 13.5. The lowest BCUT2D eigenvalue weighted by atomic mass is 10.0. The van der Waals surface area contributed by atoms with Gasteiger partial charge in [-0.15, -0.1) is 0 Å². The van der Waals surface area contributed by atoms with E-state index in [0.29, 0.717) is 40.8 Å². The number of nitrogens with one attached hydrogen (secondary N) is 1. The molecule has 5 aromatic rings. The minimum atomic E-state index is -4.47. The van der Waals surface area contributed by atoms with Crippen molar-refractivity contribution in [3.63, 3.8) is 0 Å². The molecule has 9 heteroatoms. The summed E-state index contributed by atoms with van der Waals surface area (Å²) in [5, 5.41) is 3.30. The average Bonchev–Trinajstić information content (AvgIpc) is 3.27. The van der Waals surface area contributed by atoms with Crippen LogP contribution in [0.1, 0.15) is 29.7 Å². The molecule has 0 fully saturated rings. The van der Waals surface area contributed by atoms with E-state index in [1.165, 1.54) is 6.07 Å². The number of rotatable bonds is 6. The molecule has 36 heavy (non-hydrogen) atoms. The van der Waals surface area contributed by atoms with Gasteiger partial charge in [0.15, 0.2) is 0 Å². The highest BCUT2D eigenvalue weighted by Gasteiger charge is 2.31. The molecule has 0 aliphatic carbocycles. The van der Waals surface area contributed by atoms with Crippen LogP contribution in [0.25, 0.3) is 28.3 Å². The summed E-state index contributed by atoms with van der Waals surface area (Å²) in [5.41, 5.74) is 9.39. The number of pyridine rings is 1. The summed E-state index contributed by atoms with van der Waals surface area (Å²) in [5.74, 6) is 0.392. The zero-order valence-electron chi connectivity index (χ0n) is 19.4. The highest BCUT2D eigenvalue weighted by molar-refractivity contribution is 5.81. The molecule has 0 aliphatic heterocycles. The van der Waals surface area contributed by atoms with Gasteiger partial charge in [-0.1, -0.05) is 48.5 Å². The van der Waals surface area contributed by atoms with Crippen LogP contribution in [-0.2, 0) is 12.7 Å². The minimum absolute atomic E-state index is 0.0598. The summed E-state index contributed by atoms with van der Waals surface area (Å²) in [7, 11) is 0. The van der Waals surface area contributed by atoms with Crippen molar-refractivity contribution in [1.82, 2.24) is 19.4 Å². The van der Waals surface area contributed by atoms with Crippen LogP contribution in [0.15, 0.2) is 85.2 Å². The van der Waals surface area contributed by atoms with E-state index in [2.05, 4.69) is 15.3 Å². The first-order chi connectivity index (χ1) is 17.3. The third-order valence-electron chi connectivity index (χ3n) is 5.92. The molecule has 3 aromatic heterocycles. The van der Waals surface area contributed by atoms with Crippen LogP contribution in [0.2, 0.25) is 0 Å². The van der Waals surface area contributed by atoms with E-state index in [4.69, 9.17) is 10.7 Å². The molecule has 0 spiro atoms. The van der Waals surface area contributed by atoms with Crippen molar-refractivity contribution >= 4 is 11.6 Å². The highest BCUT2D eigenvalue weighted by Crippen LogP contribution is 2.36. The molecule has 5 rings (SSSR count). The predicted octanol–water partition coefficient (Wildman–Crippen LogP) is 6.11. The van der Waals surface area contributed by atoms with Crippen molar-refractivity contribution in [1.29, 1.82) is 0 Å². The first-order valence-electron chi connectivity index (χ1n) is 11.4. The van der Waals surface area contributed by atoms with Gasteiger partial charge in [-0.05, 0) is 42.3 Å². The maximum absolute atomic E-state index is 13.5. The number of halogens is 3. The minimum Gasteiger partial charge on any atom is -0.348 e. The van der Waals surface area contributed by atoms with E-state index in [9.17, 15) is 13.2 Å². The first kappa shape index (κ1) is 23.5. The van der Waals surface area contributed by atoms with Crippen LogP contribution in [0.5, 0.6) is 0 Å². The summed E-state index contributed by atoms with van der Waals surface area (Å²) < 4.78 is 42.2. The van der Waals surface area contributed by atoms with Crippen molar-refractivity contribution in [2.75, 3.05) is 5.32 Å². The van der Waals surface area contributed by atoms with Crippen molar-refractivity contribution in [2.24, 2.45) is 5.73 Å². The number of fused-ring (bicyclic) bond motifs is 1. The van der Waals surface area contributed by atoms with Gasteiger partial charge in [0.1, 0.15) is 5.65 Å². The summed E-state index contributed by atoms with van der Waals surface area (Å²) in [4.78, 5) is 13.7. The lowest BCUT2D eigenvalue weighted by molar-refractivity contribution is -0.137. The van der Waals surface area contributed by atoms with Crippen molar-refractivity contribution in [2.45, 2.75) is 25.7 Å². The summed E-state index contributed by atoms with van der Waals surface area (Å²) in [6.07, 6.45) is -1.03. The van der Waals surface area contributed by atoms with Crippen LogP contribution >= 0.6 is 0 Å². The Kier molecular flexibility index (Phi) is 6.15. The summed E-state index contributed by atoms with van der Waals surface area (Å²) >= 11 is 0. The number of benzene rings is 2. The molecule has 3 N–H and O–H groups in total. The van der Waals surface area contributed by atoms with Gasteiger partial charge in [0.05, 0.1) is 28.7 Å². The topological polar surface area (TPSA) is 81.1 Å². The number of nitrogens with zero attached hydrogens (tertiary/aromatic N) is 4. The zero-order valence-corrected chi connectivity index (χ0v) is 19.4. The van der Waals surface area contributed by atoms with Crippen LogP contribution in [0.4, 0.5) is 19.1 Å². The number of nitrogens with two attached hydrogens (primary N) is 1. The van der Waals surface area contributed by atoms with E-state index >= 15 is 0 Å². The molecule has 0 bridgehead atoms. The zero-order chi connectivity index (χ0) is 25.3. The fourth-order valence-corrected chi connectivity index (χ4v) is 4.08. The molecule has 0 saturated carbocycles. The fraction of sp³-hybridized carbons (Fsp3) is 0.148. The molecule has 1 unspecified atom stereocenters. The van der Waals surface area contributed by atoms with Gasteiger partial charge in [-0.25, -0.2) is 15.0 Å². The van der Waals surface area contributed by atoms with Crippen LogP contribution in [-0.4, -0.2) is 19.4 Å². The molecule has 2 aromatic carbocycles. The van der Waals surface area contributed by atoms with E-state index in [-0.39, 0.29) is 6.04 Å². The molecular formula is C27H23F3N6. The molecule has 0 saturated heterocycles. The van der Waals surface area contributed by atoms with Crippen molar-refractivity contribution in [3.05, 3.63) is 102 Å². The number of hydrogen-bond acceptors (Lipinski definition) is 5. The second-order valence-corrected chi connectivity index (χ2v) is 8.40. The monoisotopic (exact) mass is 488 g/mol. The number of alkyl halides is 3. The van der Waals surface area contributed by atoms with Gasteiger partial charge >= 0.3 is 6.18 Å². The number of hydrogen-bond donors (Lipinski definition) is 2. The average molecular weight is 489 g/mol. The lowest BCUT2D eigenvalue weighted by Crippen LogP contribution is -2.09. The van der Waals surface area contributed by atoms with Crippen molar-refractivity contribution < 1.29 is 13.2 Å². The fourth-order valence-electron chi connectivity index (χ4n) is 4.08. The van der Waals surface area contributed by atoms with E-state index in [1.54, 1.807) is 24.4 Å². The predicted molar refractivity (Wildman–Crippen MR) is 133 cm³/mol. The molecule has 3 heterocycles. The number of imidazole rings is 1.